The fraction of sp³-hybridized carbons (Fsp3) is 0.467. The second-order valence-corrected chi connectivity index (χ2v) is 9.12. The summed E-state index contributed by atoms with van der Waals surface area (Å²) in [5, 5.41) is 6.24. The number of hydrogen-bond acceptors (Lipinski definition) is 3. The number of rotatable bonds is 15. The lowest BCUT2D eigenvalue weighted by atomic mass is 10.0. The molecule has 33 heavy (non-hydrogen) atoms. The number of nitrogens with one attached hydrogen (secondary N) is 1. The Bertz CT molecular complexity index is 943. The number of hydrogen-bond donors (Lipinski definition) is 1. The quantitative estimate of drug-likeness (QED) is 0.252. The van der Waals surface area contributed by atoms with Gasteiger partial charge in [-0.2, -0.15) is 0 Å². The van der Waals surface area contributed by atoms with E-state index >= 15 is 0 Å². The first kappa shape index (κ1) is 25.3. The van der Waals surface area contributed by atoms with Gasteiger partial charge < -0.3 is 15.0 Å². The topological polar surface area (TPSA) is 24.5 Å². The highest BCUT2D eigenvalue weighted by Gasteiger charge is 2.10. The van der Waals surface area contributed by atoms with Gasteiger partial charge in [-0.15, -0.1) is 0 Å². The second kappa shape index (κ2) is 14.0. The van der Waals surface area contributed by atoms with E-state index in [9.17, 15) is 0 Å². The first-order chi connectivity index (χ1) is 16.2. The van der Waals surface area contributed by atoms with Gasteiger partial charge in [0.1, 0.15) is 12.4 Å². The molecule has 0 aliphatic heterocycles. The lowest BCUT2D eigenvalue weighted by Crippen LogP contribution is -2.29. The molecule has 0 spiro atoms. The Morgan fingerprint density at radius 3 is 2.21 bits per heavy atom. The Kier molecular flexibility index (Phi) is 10.7. The average molecular weight is 447 g/mol. The van der Waals surface area contributed by atoms with Crippen molar-refractivity contribution in [3.63, 3.8) is 0 Å². The van der Waals surface area contributed by atoms with E-state index < -0.39 is 0 Å². The van der Waals surface area contributed by atoms with Crippen molar-refractivity contribution in [1.82, 2.24) is 10.2 Å². The minimum Gasteiger partial charge on any atom is -0.489 e. The van der Waals surface area contributed by atoms with Gasteiger partial charge in [-0.25, -0.2) is 0 Å². The molecular weight excluding hydrogens is 404 g/mol. The van der Waals surface area contributed by atoms with Crippen LogP contribution in [-0.2, 0) is 13.2 Å². The maximum absolute atomic E-state index is 6.31. The monoisotopic (exact) mass is 446 g/mol. The third-order valence-corrected chi connectivity index (χ3v) is 6.30. The number of ether oxygens (including phenoxy) is 1. The fourth-order valence-electron chi connectivity index (χ4n) is 4.22. The molecule has 0 radical (unpaired) electrons. The van der Waals surface area contributed by atoms with Crippen LogP contribution in [0.25, 0.3) is 10.8 Å². The van der Waals surface area contributed by atoms with Gasteiger partial charge in [-0.3, -0.25) is 0 Å². The summed E-state index contributed by atoms with van der Waals surface area (Å²) in [6, 6.07) is 21.5. The first-order valence-corrected chi connectivity index (χ1v) is 12.8. The van der Waals surface area contributed by atoms with E-state index in [0.717, 1.165) is 18.8 Å². The smallest absolute Gasteiger partial charge is 0.124 e. The molecule has 3 heteroatoms. The third kappa shape index (κ3) is 8.17. The molecule has 3 aromatic carbocycles. The Morgan fingerprint density at radius 2 is 1.48 bits per heavy atom. The third-order valence-electron chi connectivity index (χ3n) is 6.30. The second-order valence-electron chi connectivity index (χ2n) is 9.12. The summed E-state index contributed by atoms with van der Waals surface area (Å²) < 4.78 is 6.31. The summed E-state index contributed by atoms with van der Waals surface area (Å²) in [5.41, 5.74) is 3.73. The Balaban J connectivity index is 1.59. The van der Waals surface area contributed by atoms with Crippen LogP contribution in [-0.4, -0.2) is 31.1 Å². The molecular formula is C30H42N2O. The molecule has 3 aromatic rings. The van der Waals surface area contributed by atoms with Crippen molar-refractivity contribution in [2.45, 2.75) is 66.0 Å². The molecule has 0 aliphatic rings. The van der Waals surface area contributed by atoms with E-state index in [1.807, 2.05) is 0 Å². The molecule has 0 bridgehead atoms. The first-order valence-electron chi connectivity index (χ1n) is 12.8. The normalized spacial score (nSPS) is 11.4. The number of nitrogens with zero attached hydrogens (tertiary/aromatic N) is 1. The fourth-order valence-corrected chi connectivity index (χ4v) is 4.22. The predicted octanol–water partition coefficient (Wildman–Crippen LogP) is 7.11. The molecule has 0 heterocycles. The van der Waals surface area contributed by atoms with Crippen molar-refractivity contribution in [3.8, 4) is 5.75 Å². The van der Waals surface area contributed by atoms with Crippen LogP contribution in [0.1, 0.15) is 62.6 Å². The van der Waals surface area contributed by atoms with Crippen molar-refractivity contribution in [2.24, 2.45) is 0 Å². The standard InChI is InChI=1S/C30H42N2O/c1-4-6-20-32(21-7-5-2)22-10-19-31-23-29-28-12-9-8-11-27(28)17-18-30(29)33-24-26-15-13-25(3)14-16-26/h8-9,11-18,31H,4-7,10,19-24H2,1-3H3. The van der Waals surface area contributed by atoms with Crippen molar-refractivity contribution < 1.29 is 4.74 Å². The van der Waals surface area contributed by atoms with E-state index in [1.165, 1.54) is 79.2 Å². The zero-order chi connectivity index (χ0) is 23.3. The summed E-state index contributed by atoms with van der Waals surface area (Å²) in [5.74, 6) is 0.981. The van der Waals surface area contributed by atoms with Crippen molar-refractivity contribution in [2.75, 3.05) is 26.2 Å². The number of unbranched alkanes of at least 4 members (excludes halogenated alkanes) is 2. The van der Waals surface area contributed by atoms with Gasteiger partial charge in [0.05, 0.1) is 0 Å². The predicted molar refractivity (Wildman–Crippen MR) is 142 cm³/mol. The molecule has 0 saturated carbocycles. The summed E-state index contributed by atoms with van der Waals surface area (Å²) in [6.07, 6.45) is 6.32. The van der Waals surface area contributed by atoms with Crippen molar-refractivity contribution in [1.29, 1.82) is 0 Å². The van der Waals surface area contributed by atoms with E-state index in [-0.39, 0.29) is 0 Å². The largest absolute Gasteiger partial charge is 0.489 e. The van der Waals surface area contributed by atoms with E-state index in [2.05, 4.69) is 91.7 Å². The molecule has 0 fully saturated rings. The lowest BCUT2D eigenvalue weighted by molar-refractivity contribution is 0.260. The number of benzene rings is 3. The molecule has 0 saturated heterocycles. The van der Waals surface area contributed by atoms with Gasteiger partial charge in [0.2, 0.25) is 0 Å². The van der Waals surface area contributed by atoms with Gasteiger partial charge in [-0.1, -0.05) is 86.8 Å². The van der Waals surface area contributed by atoms with Gasteiger partial charge >= 0.3 is 0 Å². The minimum absolute atomic E-state index is 0.593. The summed E-state index contributed by atoms with van der Waals surface area (Å²) in [6.45, 7) is 12.8. The molecule has 0 amide bonds. The van der Waals surface area contributed by atoms with Gasteiger partial charge in [0, 0.05) is 12.1 Å². The average Bonchev–Trinajstić information content (AvgIpc) is 2.85. The Labute approximate surface area is 201 Å². The number of fused-ring (bicyclic) bond motifs is 1. The van der Waals surface area contributed by atoms with Crippen LogP contribution in [0.15, 0.2) is 60.7 Å². The molecule has 0 atom stereocenters. The molecule has 0 unspecified atom stereocenters. The molecule has 0 aliphatic carbocycles. The van der Waals surface area contributed by atoms with Crippen molar-refractivity contribution >= 4 is 10.8 Å². The molecule has 0 aromatic heterocycles. The maximum Gasteiger partial charge on any atom is 0.124 e. The molecule has 3 nitrogen and oxygen atoms in total. The van der Waals surface area contributed by atoms with E-state index in [4.69, 9.17) is 4.74 Å². The van der Waals surface area contributed by atoms with Crippen LogP contribution in [0.3, 0.4) is 0 Å². The molecule has 178 valence electrons. The van der Waals surface area contributed by atoms with Crippen LogP contribution in [0.5, 0.6) is 5.75 Å². The minimum atomic E-state index is 0.593. The SMILES string of the molecule is CCCCN(CCCC)CCCNCc1c(OCc2ccc(C)cc2)ccc2ccccc12. The zero-order valence-electron chi connectivity index (χ0n) is 20.9. The molecule has 1 N–H and O–H groups in total. The van der Waals surface area contributed by atoms with Crippen LogP contribution in [0.2, 0.25) is 0 Å². The van der Waals surface area contributed by atoms with Crippen LogP contribution < -0.4 is 10.1 Å². The van der Waals surface area contributed by atoms with Gasteiger partial charge in [0.15, 0.2) is 0 Å². The van der Waals surface area contributed by atoms with E-state index in [1.54, 1.807) is 0 Å². The highest BCUT2D eigenvalue weighted by atomic mass is 16.5. The summed E-state index contributed by atoms with van der Waals surface area (Å²) in [7, 11) is 0. The van der Waals surface area contributed by atoms with Crippen LogP contribution in [0, 0.1) is 6.92 Å². The van der Waals surface area contributed by atoms with Gasteiger partial charge in [0.25, 0.3) is 0 Å². The Hall–Kier alpha value is -2.36. The summed E-state index contributed by atoms with van der Waals surface area (Å²) in [4.78, 5) is 2.64. The highest BCUT2D eigenvalue weighted by molar-refractivity contribution is 5.87. The van der Waals surface area contributed by atoms with E-state index in [0.29, 0.717) is 6.61 Å². The highest BCUT2D eigenvalue weighted by Crippen LogP contribution is 2.29. The molecule has 3 rings (SSSR count). The summed E-state index contributed by atoms with van der Waals surface area (Å²) >= 11 is 0. The van der Waals surface area contributed by atoms with Gasteiger partial charge in [-0.05, 0) is 74.8 Å². The zero-order valence-corrected chi connectivity index (χ0v) is 20.9. The maximum atomic E-state index is 6.31. The lowest BCUT2D eigenvalue weighted by Gasteiger charge is -2.22. The Morgan fingerprint density at radius 1 is 0.788 bits per heavy atom. The van der Waals surface area contributed by atoms with Crippen molar-refractivity contribution in [3.05, 3.63) is 77.4 Å². The van der Waals surface area contributed by atoms with Crippen LogP contribution >= 0.6 is 0 Å². The number of aryl methyl sites for hydroxylation is 1. The van der Waals surface area contributed by atoms with Crippen LogP contribution in [0.4, 0.5) is 0 Å².